The van der Waals surface area contributed by atoms with Crippen LogP contribution >= 0.6 is 11.3 Å². The molecular formula is C9H9N5OS. The molecule has 2 aromatic rings. The predicted octanol–water partition coefficient (Wildman–Crippen LogP) is 0.497. The van der Waals surface area contributed by atoms with Gasteiger partial charge in [0, 0.05) is 6.20 Å². The normalized spacial score (nSPS) is 10.1. The molecule has 0 saturated carbocycles. The Bertz CT molecular complexity index is 484. The number of aromatic nitrogens is 3. The van der Waals surface area contributed by atoms with Crippen LogP contribution in [0.1, 0.15) is 0 Å². The van der Waals surface area contributed by atoms with E-state index in [0.29, 0.717) is 10.1 Å². The van der Waals surface area contributed by atoms with Crippen LogP contribution < -0.4 is 11.1 Å². The van der Waals surface area contributed by atoms with Crippen LogP contribution in [0.2, 0.25) is 0 Å². The van der Waals surface area contributed by atoms with Gasteiger partial charge in [-0.15, -0.1) is 10.2 Å². The molecule has 3 N–H and O–H groups in total. The minimum absolute atomic E-state index is 0.0709. The summed E-state index contributed by atoms with van der Waals surface area (Å²) in [6.45, 7) is -0.0709. The molecule has 0 fully saturated rings. The highest BCUT2D eigenvalue weighted by atomic mass is 32.1. The lowest BCUT2D eigenvalue weighted by Gasteiger charge is -1.94. The predicted molar refractivity (Wildman–Crippen MR) is 60.8 cm³/mol. The Morgan fingerprint density at radius 1 is 1.44 bits per heavy atom. The first-order valence-electron chi connectivity index (χ1n) is 4.54. The van der Waals surface area contributed by atoms with Crippen molar-refractivity contribution in [3.8, 4) is 10.7 Å². The molecule has 0 atom stereocenters. The van der Waals surface area contributed by atoms with E-state index in [2.05, 4.69) is 20.5 Å². The Morgan fingerprint density at radius 2 is 2.31 bits per heavy atom. The van der Waals surface area contributed by atoms with Crippen LogP contribution in [-0.4, -0.2) is 27.6 Å². The first kappa shape index (κ1) is 10.7. The number of rotatable bonds is 3. The van der Waals surface area contributed by atoms with Crippen molar-refractivity contribution in [2.45, 2.75) is 0 Å². The number of pyridine rings is 1. The third-order valence-corrected chi connectivity index (χ3v) is 2.60. The first-order valence-corrected chi connectivity index (χ1v) is 5.36. The molecule has 2 rings (SSSR count). The quantitative estimate of drug-likeness (QED) is 0.807. The fourth-order valence-corrected chi connectivity index (χ4v) is 1.77. The Balaban J connectivity index is 2.17. The van der Waals surface area contributed by atoms with E-state index in [1.54, 1.807) is 6.20 Å². The zero-order chi connectivity index (χ0) is 11.4. The molecule has 0 bridgehead atoms. The molecule has 82 valence electrons. The number of carbonyl (C=O) groups excluding carboxylic acids is 1. The smallest absolute Gasteiger partial charge is 0.239 e. The van der Waals surface area contributed by atoms with Crippen molar-refractivity contribution in [1.82, 2.24) is 15.2 Å². The van der Waals surface area contributed by atoms with E-state index in [1.165, 1.54) is 11.3 Å². The minimum Gasteiger partial charge on any atom is -0.322 e. The molecule has 7 heteroatoms. The van der Waals surface area contributed by atoms with E-state index in [9.17, 15) is 4.79 Å². The first-order chi connectivity index (χ1) is 7.79. The summed E-state index contributed by atoms with van der Waals surface area (Å²) in [5, 5.41) is 11.4. The highest BCUT2D eigenvalue weighted by Gasteiger charge is 2.08. The summed E-state index contributed by atoms with van der Waals surface area (Å²) in [6, 6.07) is 5.51. The van der Waals surface area contributed by atoms with Crippen LogP contribution in [-0.2, 0) is 4.79 Å². The van der Waals surface area contributed by atoms with E-state index in [0.717, 1.165) is 5.69 Å². The maximum absolute atomic E-state index is 11.0. The van der Waals surface area contributed by atoms with Gasteiger partial charge in [-0.1, -0.05) is 17.4 Å². The number of amides is 1. The zero-order valence-electron chi connectivity index (χ0n) is 8.25. The van der Waals surface area contributed by atoms with Gasteiger partial charge in [-0.3, -0.25) is 15.1 Å². The van der Waals surface area contributed by atoms with Crippen molar-refractivity contribution >= 4 is 22.4 Å². The lowest BCUT2D eigenvalue weighted by atomic mass is 10.4. The number of nitrogens with two attached hydrogens (primary N) is 1. The van der Waals surface area contributed by atoms with Crippen LogP contribution in [0.3, 0.4) is 0 Å². The summed E-state index contributed by atoms with van der Waals surface area (Å²) in [6.07, 6.45) is 1.68. The summed E-state index contributed by atoms with van der Waals surface area (Å²) >= 11 is 1.26. The molecule has 0 aliphatic carbocycles. The number of carbonyl (C=O) groups is 1. The Kier molecular flexibility index (Phi) is 3.18. The molecule has 0 unspecified atom stereocenters. The zero-order valence-corrected chi connectivity index (χ0v) is 9.07. The van der Waals surface area contributed by atoms with Gasteiger partial charge in [0.25, 0.3) is 0 Å². The molecule has 0 saturated heterocycles. The monoisotopic (exact) mass is 235 g/mol. The fourth-order valence-electron chi connectivity index (χ4n) is 1.04. The van der Waals surface area contributed by atoms with Crippen molar-refractivity contribution < 1.29 is 4.79 Å². The molecule has 2 heterocycles. The van der Waals surface area contributed by atoms with E-state index >= 15 is 0 Å². The van der Waals surface area contributed by atoms with E-state index < -0.39 is 0 Å². The number of hydrogen-bond acceptors (Lipinski definition) is 6. The molecular weight excluding hydrogens is 226 g/mol. The van der Waals surface area contributed by atoms with Gasteiger partial charge in [-0.25, -0.2) is 0 Å². The molecule has 16 heavy (non-hydrogen) atoms. The molecule has 0 spiro atoms. The summed E-state index contributed by atoms with van der Waals surface area (Å²) in [5.74, 6) is -0.288. The van der Waals surface area contributed by atoms with Crippen LogP contribution in [0, 0.1) is 0 Å². The Morgan fingerprint density at radius 3 is 3.00 bits per heavy atom. The van der Waals surface area contributed by atoms with Crippen molar-refractivity contribution in [1.29, 1.82) is 0 Å². The van der Waals surface area contributed by atoms with Gasteiger partial charge in [0.15, 0.2) is 5.01 Å². The van der Waals surface area contributed by atoms with Crippen molar-refractivity contribution in [3.63, 3.8) is 0 Å². The van der Waals surface area contributed by atoms with Crippen LogP contribution in [0.4, 0.5) is 5.13 Å². The lowest BCUT2D eigenvalue weighted by molar-refractivity contribution is -0.114. The van der Waals surface area contributed by atoms with Crippen LogP contribution in [0.15, 0.2) is 24.4 Å². The number of nitrogens with zero attached hydrogens (tertiary/aromatic N) is 3. The maximum atomic E-state index is 11.0. The van der Waals surface area contributed by atoms with Gasteiger partial charge in [-0.05, 0) is 12.1 Å². The average Bonchev–Trinajstić information content (AvgIpc) is 2.78. The largest absolute Gasteiger partial charge is 0.322 e. The van der Waals surface area contributed by atoms with Crippen molar-refractivity contribution in [2.75, 3.05) is 11.9 Å². The SMILES string of the molecule is NCC(=O)Nc1nnc(-c2ccccn2)s1. The van der Waals surface area contributed by atoms with Crippen molar-refractivity contribution in [3.05, 3.63) is 24.4 Å². The van der Waals surface area contributed by atoms with Gasteiger partial charge < -0.3 is 5.73 Å². The van der Waals surface area contributed by atoms with E-state index in [4.69, 9.17) is 5.73 Å². The van der Waals surface area contributed by atoms with Crippen molar-refractivity contribution in [2.24, 2.45) is 5.73 Å². The summed E-state index contributed by atoms with van der Waals surface area (Å²) in [5.41, 5.74) is 5.90. The summed E-state index contributed by atoms with van der Waals surface area (Å²) in [7, 11) is 0. The molecule has 1 amide bonds. The van der Waals surface area contributed by atoms with Gasteiger partial charge >= 0.3 is 0 Å². The number of hydrogen-bond donors (Lipinski definition) is 2. The van der Waals surface area contributed by atoms with Crippen LogP contribution in [0.25, 0.3) is 10.7 Å². The second kappa shape index (κ2) is 4.77. The second-order valence-corrected chi connectivity index (χ2v) is 3.86. The molecule has 0 radical (unpaired) electrons. The topological polar surface area (TPSA) is 93.8 Å². The number of anilines is 1. The minimum atomic E-state index is -0.288. The molecule has 0 aliphatic rings. The van der Waals surface area contributed by atoms with Gasteiger partial charge in [0.1, 0.15) is 5.69 Å². The molecule has 2 aromatic heterocycles. The molecule has 6 nitrogen and oxygen atoms in total. The maximum Gasteiger partial charge on any atom is 0.239 e. The van der Waals surface area contributed by atoms with Gasteiger partial charge in [0.05, 0.1) is 6.54 Å². The van der Waals surface area contributed by atoms with Gasteiger partial charge in [-0.2, -0.15) is 0 Å². The molecule has 0 aliphatic heterocycles. The Hall–Kier alpha value is -1.86. The summed E-state index contributed by atoms with van der Waals surface area (Å²) < 4.78 is 0. The second-order valence-electron chi connectivity index (χ2n) is 2.88. The third-order valence-electron chi connectivity index (χ3n) is 1.74. The molecule has 0 aromatic carbocycles. The standard InChI is InChI=1S/C9H9N5OS/c10-5-7(15)12-9-14-13-8(16-9)6-3-1-2-4-11-6/h1-4H,5,10H2,(H,12,14,15). The van der Waals surface area contributed by atoms with E-state index in [1.807, 2.05) is 18.2 Å². The lowest BCUT2D eigenvalue weighted by Crippen LogP contribution is -2.21. The highest BCUT2D eigenvalue weighted by molar-refractivity contribution is 7.18. The Labute approximate surface area is 95.5 Å². The summed E-state index contributed by atoms with van der Waals surface area (Å²) in [4.78, 5) is 15.1. The fraction of sp³-hybridized carbons (Fsp3) is 0.111. The third kappa shape index (κ3) is 2.38. The average molecular weight is 235 g/mol. The van der Waals surface area contributed by atoms with Gasteiger partial charge in [0.2, 0.25) is 11.0 Å². The van der Waals surface area contributed by atoms with E-state index in [-0.39, 0.29) is 12.5 Å². The number of nitrogens with one attached hydrogen (secondary N) is 1. The highest BCUT2D eigenvalue weighted by Crippen LogP contribution is 2.23. The van der Waals surface area contributed by atoms with Crippen LogP contribution in [0.5, 0.6) is 0 Å².